The van der Waals surface area contributed by atoms with E-state index in [1.807, 2.05) is 51.1 Å². The number of morpholine rings is 1. The number of carbonyl (C=O) groups excluding carboxylic acids is 2. The van der Waals surface area contributed by atoms with Crippen molar-refractivity contribution >= 4 is 28.5 Å². The Balaban J connectivity index is 1.56. The second-order valence-corrected chi connectivity index (χ2v) is 7.77. The highest BCUT2D eigenvalue weighted by Crippen LogP contribution is 2.32. The molecular weight excluding hydrogens is 396 g/mol. The zero-order valence-electron chi connectivity index (χ0n) is 18.0. The molecule has 0 atom stereocenters. The minimum absolute atomic E-state index is 0.124. The normalized spacial score (nSPS) is 14.0. The van der Waals surface area contributed by atoms with E-state index in [4.69, 9.17) is 13.9 Å². The highest BCUT2D eigenvalue weighted by molar-refractivity contribution is 6.11. The van der Waals surface area contributed by atoms with Crippen LogP contribution in [-0.4, -0.2) is 49.6 Å². The van der Waals surface area contributed by atoms with Gasteiger partial charge in [-0.15, -0.1) is 0 Å². The molecule has 0 radical (unpaired) electrons. The molecule has 1 saturated heterocycles. The van der Waals surface area contributed by atoms with E-state index >= 15 is 0 Å². The lowest BCUT2D eigenvalue weighted by atomic mass is 10.1. The fourth-order valence-corrected chi connectivity index (χ4v) is 3.94. The van der Waals surface area contributed by atoms with Crippen LogP contribution in [0.3, 0.4) is 0 Å². The van der Waals surface area contributed by atoms with Gasteiger partial charge in [0.2, 0.25) is 5.76 Å². The third-order valence-corrected chi connectivity index (χ3v) is 5.30. The lowest BCUT2D eigenvalue weighted by Gasteiger charge is -2.26. The monoisotopic (exact) mass is 422 g/mol. The quantitative estimate of drug-likeness (QED) is 0.676. The third-order valence-electron chi connectivity index (χ3n) is 5.30. The van der Waals surface area contributed by atoms with Gasteiger partial charge in [-0.2, -0.15) is 0 Å². The van der Waals surface area contributed by atoms with E-state index in [9.17, 15) is 9.59 Å². The third kappa shape index (κ3) is 4.41. The van der Waals surface area contributed by atoms with Crippen molar-refractivity contribution in [2.75, 3.05) is 38.2 Å². The topological polar surface area (TPSA) is 81.0 Å². The maximum Gasteiger partial charge on any atom is 0.291 e. The Bertz CT molecular complexity index is 1110. The van der Waals surface area contributed by atoms with Crippen molar-refractivity contribution in [3.05, 3.63) is 58.8 Å². The smallest absolute Gasteiger partial charge is 0.291 e. The number of nitrogens with zero attached hydrogens (tertiary/aromatic N) is 1. The van der Waals surface area contributed by atoms with Gasteiger partial charge in [0.1, 0.15) is 17.0 Å². The van der Waals surface area contributed by atoms with Gasteiger partial charge < -0.3 is 24.1 Å². The van der Waals surface area contributed by atoms with Crippen molar-refractivity contribution in [2.24, 2.45) is 0 Å². The molecule has 2 amide bonds. The summed E-state index contributed by atoms with van der Waals surface area (Å²) in [6.07, 6.45) is 0. The number of benzene rings is 2. The number of aryl methyl sites for hydroxylation is 3. The molecule has 1 fully saturated rings. The Morgan fingerprint density at radius 2 is 1.74 bits per heavy atom. The number of ether oxygens (including phenoxy) is 2. The molecule has 0 unspecified atom stereocenters. The Kier molecular flexibility index (Phi) is 5.95. The SMILES string of the molecule is Cc1cc(C)c(OCC(=O)Nc2c(C(=O)N3CCOCC3)oc3ccccc23)c(C)c1. The lowest BCUT2D eigenvalue weighted by Crippen LogP contribution is -2.40. The van der Waals surface area contributed by atoms with Crippen LogP contribution in [-0.2, 0) is 9.53 Å². The molecule has 2 heterocycles. The summed E-state index contributed by atoms with van der Waals surface area (Å²) in [6, 6.07) is 11.3. The largest absolute Gasteiger partial charge is 0.483 e. The highest BCUT2D eigenvalue weighted by Gasteiger charge is 2.27. The van der Waals surface area contributed by atoms with Crippen molar-refractivity contribution in [2.45, 2.75) is 20.8 Å². The highest BCUT2D eigenvalue weighted by atomic mass is 16.5. The fraction of sp³-hybridized carbons (Fsp3) is 0.333. The molecule has 1 aromatic heterocycles. The molecule has 0 saturated carbocycles. The van der Waals surface area contributed by atoms with Gasteiger partial charge in [-0.1, -0.05) is 29.8 Å². The summed E-state index contributed by atoms with van der Waals surface area (Å²) in [6.45, 7) is 7.69. The van der Waals surface area contributed by atoms with Crippen LogP contribution in [0.25, 0.3) is 11.0 Å². The summed E-state index contributed by atoms with van der Waals surface area (Å²) in [5.74, 6) is 0.199. The summed E-state index contributed by atoms with van der Waals surface area (Å²) in [5.41, 5.74) is 4.01. The number of rotatable bonds is 5. The first-order valence-corrected chi connectivity index (χ1v) is 10.3. The van der Waals surface area contributed by atoms with Gasteiger partial charge in [-0.3, -0.25) is 9.59 Å². The van der Waals surface area contributed by atoms with E-state index in [0.29, 0.717) is 48.7 Å². The summed E-state index contributed by atoms with van der Waals surface area (Å²) in [4.78, 5) is 27.5. The molecule has 0 aliphatic carbocycles. The van der Waals surface area contributed by atoms with Crippen LogP contribution in [0.4, 0.5) is 5.69 Å². The van der Waals surface area contributed by atoms with Crippen molar-refractivity contribution in [1.82, 2.24) is 4.90 Å². The van der Waals surface area contributed by atoms with Crippen LogP contribution in [0.2, 0.25) is 0 Å². The Morgan fingerprint density at radius 3 is 2.45 bits per heavy atom. The lowest BCUT2D eigenvalue weighted by molar-refractivity contribution is -0.118. The predicted molar refractivity (Wildman–Crippen MR) is 118 cm³/mol. The zero-order valence-corrected chi connectivity index (χ0v) is 18.0. The van der Waals surface area contributed by atoms with Crippen LogP contribution in [0, 0.1) is 20.8 Å². The molecule has 162 valence electrons. The summed E-state index contributed by atoms with van der Waals surface area (Å²) >= 11 is 0. The Labute approximate surface area is 180 Å². The number of carbonyl (C=O) groups is 2. The molecule has 31 heavy (non-hydrogen) atoms. The number of anilines is 1. The number of hydrogen-bond donors (Lipinski definition) is 1. The van der Waals surface area contributed by atoms with Gasteiger partial charge in [0, 0.05) is 18.5 Å². The number of nitrogens with one attached hydrogen (secondary N) is 1. The molecular formula is C24H26N2O5. The van der Waals surface area contributed by atoms with Crippen LogP contribution in [0.5, 0.6) is 5.75 Å². The molecule has 7 nitrogen and oxygen atoms in total. The van der Waals surface area contributed by atoms with E-state index in [2.05, 4.69) is 5.32 Å². The van der Waals surface area contributed by atoms with Crippen molar-refractivity contribution in [3.8, 4) is 5.75 Å². The maximum atomic E-state index is 13.1. The van der Waals surface area contributed by atoms with E-state index in [-0.39, 0.29) is 24.2 Å². The van der Waals surface area contributed by atoms with Gasteiger partial charge in [0.25, 0.3) is 11.8 Å². The Hall–Kier alpha value is -3.32. The van der Waals surface area contributed by atoms with Crippen LogP contribution >= 0.6 is 0 Å². The molecule has 2 aromatic carbocycles. The predicted octanol–water partition coefficient (Wildman–Crippen LogP) is 3.85. The molecule has 7 heteroatoms. The van der Waals surface area contributed by atoms with Crippen molar-refractivity contribution < 1.29 is 23.5 Å². The summed E-state index contributed by atoms with van der Waals surface area (Å²) in [7, 11) is 0. The molecule has 3 aromatic rings. The average molecular weight is 422 g/mol. The van der Waals surface area contributed by atoms with E-state index in [1.165, 1.54) is 0 Å². The van der Waals surface area contributed by atoms with Gasteiger partial charge in [-0.05, 0) is 44.0 Å². The van der Waals surface area contributed by atoms with Gasteiger partial charge in [0.15, 0.2) is 6.61 Å². The first-order valence-electron chi connectivity index (χ1n) is 10.3. The summed E-state index contributed by atoms with van der Waals surface area (Å²) < 4.78 is 17.0. The molecule has 1 N–H and O–H groups in total. The van der Waals surface area contributed by atoms with Crippen molar-refractivity contribution in [3.63, 3.8) is 0 Å². The Morgan fingerprint density at radius 1 is 1.06 bits per heavy atom. The van der Waals surface area contributed by atoms with Crippen LogP contribution < -0.4 is 10.1 Å². The number of fused-ring (bicyclic) bond motifs is 1. The maximum absolute atomic E-state index is 13.1. The second-order valence-electron chi connectivity index (χ2n) is 7.77. The van der Waals surface area contributed by atoms with Gasteiger partial charge in [0.05, 0.1) is 13.2 Å². The molecule has 4 rings (SSSR count). The minimum atomic E-state index is -0.359. The standard InChI is InChI=1S/C24H26N2O5/c1-15-12-16(2)22(17(3)13-15)30-14-20(27)25-21-18-6-4-5-7-19(18)31-23(21)24(28)26-8-10-29-11-9-26/h4-7,12-13H,8-11,14H2,1-3H3,(H,25,27). The van der Waals surface area contributed by atoms with Gasteiger partial charge in [-0.25, -0.2) is 0 Å². The number of hydrogen-bond acceptors (Lipinski definition) is 5. The first-order chi connectivity index (χ1) is 14.9. The fourth-order valence-electron chi connectivity index (χ4n) is 3.94. The number of para-hydroxylation sites is 1. The first kappa shape index (κ1) is 20.9. The van der Waals surface area contributed by atoms with E-state index in [0.717, 1.165) is 16.7 Å². The molecule has 0 bridgehead atoms. The average Bonchev–Trinajstić information content (AvgIpc) is 3.11. The van der Waals surface area contributed by atoms with Crippen LogP contribution in [0.1, 0.15) is 27.2 Å². The second kappa shape index (κ2) is 8.81. The number of amides is 2. The summed E-state index contributed by atoms with van der Waals surface area (Å²) in [5, 5.41) is 3.51. The molecule has 0 spiro atoms. The van der Waals surface area contributed by atoms with Crippen molar-refractivity contribution in [1.29, 1.82) is 0 Å². The number of furan rings is 1. The van der Waals surface area contributed by atoms with Gasteiger partial charge >= 0.3 is 0 Å². The zero-order chi connectivity index (χ0) is 22.0. The van der Waals surface area contributed by atoms with Crippen LogP contribution in [0.15, 0.2) is 40.8 Å². The molecule has 1 aliphatic rings. The molecule has 1 aliphatic heterocycles. The minimum Gasteiger partial charge on any atom is -0.483 e. The van der Waals surface area contributed by atoms with E-state index in [1.54, 1.807) is 11.0 Å². The van der Waals surface area contributed by atoms with E-state index < -0.39 is 0 Å².